The minimum Gasteiger partial charge on any atom is -0.619 e. The Morgan fingerprint density at radius 3 is 2.75 bits per heavy atom. The van der Waals surface area contributed by atoms with Crippen molar-refractivity contribution in [3.05, 3.63) is 35.3 Å². The van der Waals surface area contributed by atoms with Crippen molar-refractivity contribution in [1.82, 2.24) is 19.5 Å². The molecule has 20 heavy (non-hydrogen) atoms. The maximum Gasteiger partial charge on any atom is 0.218 e. The quantitative estimate of drug-likeness (QED) is 0.253. The zero-order valence-electron chi connectivity index (χ0n) is 11.1. The van der Waals surface area contributed by atoms with Crippen molar-refractivity contribution >= 4 is 23.4 Å². The third kappa shape index (κ3) is 1.71. The van der Waals surface area contributed by atoms with Crippen LogP contribution in [0.2, 0.25) is 0 Å². The molecule has 1 aromatic carbocycles. The van der Waals surface area contributed by atoms with Gasteiger partial charge in [-0.25, -0.2) is 4.98 Å². The lowest BCUT2D eigenvalue weighted by Crippen LogP contribution is -1.95. The van der Waals surface area contributed by atoms with Gasteiger partial charge in [-0.3, -0.25) is 4.68 Å². The van der Waals surface area contributed by atoms with E-state index in [1.165, 1.54) is 6.07 Å². The van der Waals surface area contributed by atoms with Gasteiger partial charge in [-0.15, -0.1) is 0 Å². The fourth-order valence-electron chi connectivity index (χ4n) is 2.20. The molecule has 0 unspecified atom stereocenters. The Morgan fingerprint density at radius 2 is 2.15 bits per heavy atom. The molecule has 0 saturated heterocycles. The summed E-state index contributed by atoms with van der Waals surface area (Å²) in [5, 5.41) is 25.7. The van der Waals surface area contributed by atoms with Crippen LogP contribution in [0.4, 0.5) is 5.69 Å². The number of benzene rings is 1. The summed E-state index contributed by atoms with van der Waals surface area (Å²) < 4.78 is 3.11. The summed E-state index contributed by atoms with van der Waals surface area (Å²) in [5.74, 6) is 0.393. The Balaban J connectivity index is 2.25. The van der Waals surface area contributed by atoms with Crippen LogP contribution in [0.25, 0.3) is 22.4 Å². The second kappa shape index (κ2) is 4.09. The van der Waals surface area contributed by atoms with Gasteiger partial charge in [-0.05, 0) is 13.0 Å². The number of rotatable bonds is 2. The fourth-order valence-corrected chi connectivity index (χ4v) is 2.20. The molecule has 2 aromatic heterocycles. The van der Waals surface area contributed by atoms with Crippen molar-refractivity contribution in [3.8, 4) is 11.4 Å². The number of hydrogen-bond acceptors (Lipinski definition) is 4. The van der Waals surface area contributed by atoms with E-state index in [4.69, 9.17) is 0 Å². The van der Waals surface area contributed by atoms with E-state index in [-0.39, 0.29) is 0 Å². The highest BCUT2D eigenvalue weighted by Crippen LogP contribution is 2.27. The molecule has 3 rings (SSSR count). The Hall–Kier alpha value is -2.83. The number of fused-ring (bicyclic) bond motifs is 1. The van der Waals surface area contributed by atoms with E-state index in [9.17, 15) is 10.4 Å². The van der Waals surface area contributed by atoms with Gasteiger partial charge in [0.15, 0.2) is 5.82 Å². The normalized spacial score (nSPS) is 11.1. The van der Waals surface area contributed by atoms with Crippen LogP contribution in [-0.2, 0) is 7.05 Å². The second-order valence-electron chi connectivity index (χ2n) is 4.60. The standard InChI is InChI=1S/C13H13N5O2/c1-8-10(7-16(2)15-8)13-14-11-5-4-9(17(3)19)6-12(11)18(13)20/h4-7,20H,3H2,1-2H3. The predicted octanol–water partition coefficient (Wildman–Crippen LogP) is 1.82. The number of imidazole rings is 1. The average molecular weight is 271 g/mol. The van der Waals surface area contributed by atoms with Crippen LogP contribution in [0.5, 0.6) is 0 Å². The van der Waals surface area contributed by atoms with Crippen molar-refractivity contribution in [2.45, 2.75) is 6.92 Å². The molecule has 0 aliphatic heterocycles. The maximum atomic E-state index is 11.2. The van der Waals surface area contributed by atoms with E-state index in [1.54, 1.807) is 30.1 Å². The van der Waals surface area contributed by atoms with E-state index >= 15 is 0 Å². The van der Waals surface area contributed by atoms with E-state index in [0.29, 0.717) is 27.3 Å². The number of aromatic nitrogens is 4. The van der Waals surface area contributed by atoms with Crippen molar-refractivity contribution in [2.75, 3.05) is 0 Å². The summed E-state index contributed by atoms with van der Waals surface area (Å²) in [6.07, 6.45) is 1.78. The van der Waals surface area contributed by atoms with Crippen molar-refractivity contribution in [1.29, 1.82) is 0 Å². The third-order valence-electron chi connectivity index (χ3n) is 3.16. The minimum atomic E-state index is 0.349. The highest BCUT2D eigenvalue weighted by molar-refractivity contribution is 5.82. The molecular weight excluding hydrogens is 258 g/mol. The van der Waals surface area contributed by atoms with Gasteiger partial charge in [-0.2, -0.15) is 14.6 Å². The molecule has 0 aliphatic carbocycles. The molecule has 0 fully saturated rings. The van der Waals surface area contributed by atoms with Crippen LogP contribution in [0.3, 0.4) is 0 Å². The smallest absolute Gasteiger partial charge is 0.218 e. The third-order valence-corrected chi connectivity index (χ3v) is 3.16. The van der Waals surface area contributed by atoms with E-state index < -0.39 is 0 Å². The SMILES string of the molecule is C=[N+]([O-])c1ccc2nc(-c3cn(C)nc3C)n(O)c2c1. The first-order valence-electron chi connectivity index (χ1n) is 5.97. The molecule has 0 bridgehead atoms. The number of hydrogen-bond donors (Lipinski definition) is 1. The Kier molecular flexibility index (Phi) is 2.50. The van der Waals surface area contributed by atoms with Gasteiger partial charge < -0.3 is 10.4 Å². The summed E-state index contributed by atoms with van der Waals surface area (Å²) in [4.78, 5) is 4.38. The zero-order valence-corrected chi connectivity index (χ0v) is 11.1. The fraction of sp³-hybridized carbons (Fsp3) is 0.154. The monoisotopic (exact) mass is 271 g/mol. The lowest BCUT2D eigenvalue weighted by atomic mass is 10.2. The lowest BCUT2D eigenvalue weighted by Gasteiger charge is -2.01. The zero-order chi connectivity index (χ0) is 14.4. The summed E-state index contributed by atoms with van der Waals surface area (Å²) in [6, 6.07) is 4.81. The average Bonchev–Trinajstić information content (AvgIpc) is 2.89. The summed E-state index contributed by atoms with van der Waals surface area (Å²) in [7, 11) is 1.80. The molecule has 0 aliphatic rings. The predicted molar refractivity (Wildman–Crippen MR) is 74.3 cm³/mol. The first kappa shape index (κ1) is 12.2. The topological polar surface area (TPSA) is 81.9 Å². The van der Waals surface area contributed by atoms with E-state index in [2.05, 4.69) is 16.8 Å². The molecule has 0 radical (unpaired) electrons. The van der Waals surface area contributed by atoms with E-state index in [1.807, 2.05) is 6.92 Å². The molecule has 0 amide bonds. The molecular formula is C13H13N5O2. The summed E-state index contributed by atoms with van der Waals surface area (Å²) in [5.41, 5.74) is 2.89. The second-order valence-corrected chi connectivity index (χ2v) is 4.60. The Labute approximate surface area is 114 Å². The largest absolute Gasteiger partial charge is 0.619 e. The minimum absolute atomic E-state index is 0.349. The van der Waals surface area contributed by atoms with Crippen molar-refractivity contribution < 1.29 is 9.95 Å². The number of aryl methyl sites for hydroxylation is 2. The Bertz CT molecular complexity index is 831. The molecule has 7 nitrogen and oxygen atoms in total. The van der Waals surface area contributed by atoms with Crippen LogP contribution < -0.4 is 0 Å². The van der Waals surface area contributed by atoms with Gasteiger partial charge in [-0.1, -0.05) is 0 Å². The molecule has 0 atom stereocenters. The number of nitrogens with zero attached hydrogens (tertiary/aromatic N) is 5. The van der Waals surface area contributed by atoms with Crippen LogP contribution in [0.15, 0.2) is 24.4 Å². The van der Waals surface area contributed by atoms with Gasteiger partial charge in [0.25, 0.3) is 0 Å². The first-order chi connectivity index (χ1) is 9.47. The molecule has 102 valence electrons. The molecule has 0 saturated carbocycles. The highest BCUT2D eigenvalue weighted by Gasteiger charge is 2.17. The van der Waals surface area contributed by atoms with Gasteiger partial charge in [0.05, 0.1) is 16.8 Å². The first-order valence-corrected chi connectivity index (χ1v) is 5.97. The van der Waals surface area contributed by atoms with Gasteiger partial charge in [0, 0.05) is 25.4 Å². The molecule has 0 spiro atoms. The summed E-state index contributed by atoms with van der Waals surface area (Å²) in [6.45, 7) is 5.12. The molecule has 1 N–H and O–H groups in total. The molecule has 7 heteroatoms. The van der Waals surface area contributed by atoms with Crippen molar-refractivity contribution in [2.24, 2.45) is 7.05 Å². The van der Waals surface area contributed by atoms with Gasteiger partial charge in [0.2, 0.25) is 5.69 Å². The van der Waals surface area contributed by atoms with Crippen LogP contribution in [-0.4, -0.2) is 36.2 Å². The molecule has 2 heterocycles. The lowest BCUT2D eigenvalue weighted by molar-refractivity contribution is -0.349. The van der Waals surface area contributed by atoms with Gasteiger partial charge in [0.1, 0.15) is 12.2 Å². The highest BCUT2D eigenvalue weighted by atomic mass is 16.5. The molecule has 3 aromatic rings. The van der Waals surface area contributed by atoms with Crippen LogP contribution in [0, 0.1) is 12.1 Å². The maximum absolute atomic E-state index is 11.2. The van der Waals surface area contributed by atoms with Crippen LogP contribution in [0.1, 0.15) is 5.69 Å². The van der Waals surface area contributed by atoms with Crippen LogP contribution >= 0.6 is 0 Å². The van der Waals surface area contributed by atoms with E-state index in [0.717, 1.165) is 16.0 Å². The summed E-state index contributed by atoms with van der Waals surface area (Å²) >= 11 is 0. The van der Waals surface area contributed by atoms with Crippen molar-refractivity contribution in [3.63, 3.8) is 0 Å². The Morgan fingerprint density at radius 1 is 1.40 bits per heavy atom. The van der Waals surface area contributed by atoms with Gasteiger partial charge >= 0.3 is 0 Å².